The Morgan fingerprint density at radius 3 is 3.25 bits per heavy atom. The lowest BCUT2D eigenvalue weighted by Gasteiger charge is -2.22. The van der Waals surface area contributed by atoms with E-state index >= 15 is 0 Å². The summed E-state index contributed by atoms with van der Waals surface area (Å²) in [7, 11) is 0. The van der Waals surface area contributed by atoms with Gasteiger partial charge >= 0.3 is 0 Å². The van der Waals surface area contributed by atoms with Crippen LogP contribution in [-0.2, 0) is 11.3 Å². The average molecular weight is 291 g/mol. The number of nitrogens with one attached hydrogen (secondary N) is 1. The molecule has 1 saturated heterocycles. The molecule has 3 heterocycles. The van der Waals surface area contributed by atoms with Gasteiger partial charge in [0.25, 0.3) is 5.56 Å². The van der Waals surface area contributed by atoms with Gasteiger partial charge in [0.15, 0.2) is 0 Å². The third-order valence-corrected chi connectivity index (χ3v) is 4.64. The quantitative estimate of drug-likeness (QED) is 0.934. The second-order valence-corrected chi connectivity index (χ2v) is 6.24. The van der Waals surface area contributed by atoms with Crippen LogP contribution < -0.4 is 5.56 Å². The van der Waals surface area contributed by atoms with E-state index in [-0.39, 0.29) is 17.4 Å². The second-order valence-electron chi connectivity index (χ2n) is 5.32. The van der Waals surface area contributed by atoms with E-state index < -0.39 is 0 Å². The molecular weight excluding hydrogens is 274 g/mol. The number of hydrogen-bond acceptors (Lipinski definition) is 5. The fourth-order valence-electron chi connectivity index (χ4n) is 2.86. The van der Waals surface area contributed by atoms with Crippen molar-refractivity contribution in [3.8, 4) is 0 Å². The standard InChI is InChI=1S/C14H17N3O2S/c1-9(18)7-10-3-2-5-17(10)8-12-15-11-4-6-20-13(11)14(19)16-12/h4,6,10H,2-3,5,7-8H2,1H3,(H,15,16,19). The third kappa shape index (κ3) is 2.66. The molecule has 1 unspecified atom stereocenters. The van der Waals surface area contributed by atoms with Crippen LogP contribution in [0.25, 0.3) is 10.2 Å². The summed E-state index contributed by atoms with van der Waals surface area (Å²) in [6.45, 7) is 3.20. The lowest BCUT2D eigenvalue weighted by molar-refractivity contribution is -0.118. The van der Waals surface area contributed by atoms with Crippen LogP contribution in [0.1, 0.15) is 32.0 Å². The Morgan fingerprint density at radius 1 is 1.60 bits per heavy atom. The van der Waals surface area contributed by atoms with Gasteiger partial charge in [0, 0.05) is 12.5 Å². The molecule has 3 rings (SSSR count). The number of rotatable bonds is 4. The van der Waals surface area contributed by atoms with E-state index in [1.165, 1.54) is 11.3 Å². The molecular formula is C14H17N3O2S. The molecule has 0 aromatic carbocycles. The zero-order valence-corrected chi connectivity index (χ0v) is 12.2. The Labute approximate surface area is 120 Å². The number of likely N-dealkylation sites (tertiary alicyclic amines) is 1. The Bertz CT molecular complexity index is 691. The van der Waals surface area contributed by atoms with Gasteiger partial charge in [-0.2, -0.15) is 0 Å². The van der Waals surface area contributed by atoms with Gasteiger partial charge in [-0.25, -0.2) is 4.98 Å². The number of carbonyl (C=O) groups excluding carboxylic acids is 1. The molecule has 1 aliphatic rings. The van der Waals surface area contributed by atoms with Gasteiger partial charge in [-0.15, -0.1) is 11.3 Å². The minimum atomic E-state index is -0.0673. The highest BCUT2D eigenvalue weighted by Gasteiger charge is 2.26. The number of thiophene rings is 1. The van der Waals surface area contributed by atoms with Gasteiger partial charge in [-0.1, -0.05) is 0 Å². The number of H-pyrrole nitrogens is 1. The SMILES string of the molecule is CC(=O)CC1CCCN1Cc1nc2ccsc2c(=O)[nH]1. The predicted octanol–water partition coefficient (Wildman–Crippen LogP) is 1.93. The maximum absolute atomic E-state index is 11.9. The average Bonchev–Trinajstić information content (AvgIpc) is 2.99. The number of hydrogen-bond donors (Lipinski definition) is 1. The van der Waals surface area contributed by atoms with Crippen molar-refractivity contribution in [2.75, 3.05) is 6.54 Å². The Hall–Kier alpha value is -1.53. The van der Waals surface area contributed by atoms with Crippen molar-refractivity contribution in [3.05, 3.63) is 27.6 Å². The topological polar surface area (TPSA) is 66.1 Å². The normalized spacial score (nSPS) is 19.8. The fraction of sp³-hybridized carbons (Fsp3) is 0.500. The van der Waals surface area contributed by atoms with Gasteiger partial charge in [0.05, 0.1) is 12.1 Å². The maximum atomic E-state index is 11.9. The number of Topliss-reactive ketones (excluding diaryl/α,β-unsaturated/α-hetero) is 1. The highest BCUT2D eigenvalue weighted by Crippen LogP contribution is 2.22. The van der Waals surface area contributed by atoms with Gasteiger partial charge in [-0.05, 0) is 37.8 Å². The van der Waals surface area contributed by atoms with E-state index in [1.807, 2.05) is 11.4 Å². The minimum Gasteiger partial charge on any atom is -0.308 e. The molecule has 1 fully saturated rings. The predicted molar refractivity (Wildman–Crippen MR) is 79.0 cm³/mol. The highest BCUT2D eigenvalue weighted by molar-refractivity contribution is 7.17. The number of ketones is 1. The third-order valence-electron chi connectivity index (χ3n) is 3.74. The monoisotopic (exact) mass is 291 g/mol. The van der Waals surface area contributed by atoms with Crippen LogP contribution in [0.5, 0.6) is 0 Å². The molecule has 0 saturated carbocycles. The lowest BCUT2D eigenvalue weighted by Crippen LogP contribution is -2.31. The highest BCUT2D eigenvalue weighted by atomic mass is 32.1. The van der Waals surface area contributed by atoms with Crippen LogP contribution in [0.4, 0.5) is 0 Å². The first kappa shape index (κ1) is 13.5. The van der Waals surface area contributed by atoms with Gasteiger partial charge in [0.1, 0.15) is 16.3 Å². The second kappa shape index (κ2) is 5.46. The van der Waals surface area contributed by atoms with Crippen LogP contribution in [-0.4, -0.2) is 33.2 Å². The zero-order chi connectivity index (χ0) is 14.1. The van der Waals surface area contributed by atoms with Crippen molar-refractivity contribution in [3.63, 3.8) is 0 Å². The van der Waals surface area contributed by atoms with E-state index in [9.17, 15) is 9.59 Å². The van der Waals surface area contributed by atoms with Crippen molar-refractivity contribution in [1.29, 1.82) is 0 Å². The number of aromatic nitrogens is 2. The molecule has 0 radical (unpaired) electrons. The molecule has 6 heteroatoms. The molecule has 2 aromatic heterocycles. The van der Waals surface area contributed by atoms with Crippen molar-refractivity contribution in [2.45, 2.75) is 38.8 Å². The smallest absolute Gasteiger partial charge is 0.268 e. The molecule has 5 nitrogen and oxygen atoms in total. The van der Waals surface area contributed by atoms with Crippen LogP contribution in [0.3, 0.4) is 0 Å². The van der Waals surface area contributed by atoms with E-state index in [0.29, 0.717) is 23.5 Å². The minimum absolute atomic E-state index is 0.0673. The first-order valence-electron chi connectivity index (χ1n) is 6.83. The van der Waals surface area contributed by atoms with Crippen molar-refractivity contribution >= 4 is 27.3 Å². The number of carbonyl (C=O) groups is 1. The Kier molecular flexibility index (Phi) is 3.67. The van der Waals surface area contributed by atoms with E-state index in [4.69, 9.17) is 0 Å². The summed E-state index contributed by atoms with van der Waals surface area (Å²) in [4.78, 5) is 32.8. The van der Waals surface area contributed by atoms with E-state index in [1.54, 1.807) is 6.92 Å². The summed E-state index contributed by atoms with van der Waals surface area (Å²) >= 11 is 1.41. The fourth-order valence-corrected chi connectivity index (χ4v) is 3.58. The Balaban J connectivity index is 1.81. The van der Waals surface area contributed by atoms with Crippen molar-refractivity contribution in [2.24, 2.45) is 0 Å². The molecule has 0 aliphatic carbocycles. The summed E-state index contributed by atoms with van der Waals surface area (Å²) in [6, 6.07) is 2.16. The van der Waals surface area contributed by atoms with Gasteiger partial charge in [0.2, 0.25) is 0 Å². The maximum Gasteiger partial charge on any atom is 0.268 e. The van der Waals surface area contributed by atoms with Crippen LogP contribution >= 0.6 is 11.3 Å². The molecule has 1 N–H and O–H groups in total. The molecule has 0 amide bonds. The molecule has 0 spiro atoms. The van der Waals surface area contributed by atoms with Crippen LogP contribution in [0.15, 0.2) is 16.2 Å². The molecule has 1 atom stereocenters. The number of nitrogens with zero attached hydrogens (tertiary/aromatic N) is 2. The first-order valence-corrected chi connectivity index (χ1v) is 7.71. The number of fused-ring (bicyclic) bond motifs is 1. The number of aromatic amines is 1. The summed E-state index contributed by atoms with van der Waals surface area (Å²) in [6.07, 6.45) is 2.73. The summed E-state index contributed by atoms with van der Waals surface area (Å²) < 4.78 is 0.676. The first-order chi connectivity index (χ1) is 9.63. The van der Waals surface area contributed by atoms with Crippen molar-refractivity contribution in [1.82, 2.24) is 14.9 Å². The van der Waals surface area contributed by atoms with Crippen LogP contribution in [0, 0.1) is 0 Å². The largest absolute Gasteiger partial charge is 0.308 e. The summed E-state index contributed by atoms with van der Waals surface area (Å²) in [5.41, 5.74) is 0.693. The molecule has 2 aromatic rings. The zero-order valence-electron chi connectivity index (χ0n) is 11.4. The molecule has 106 valence electrons. The lowest BCUT2D eigenvalue weighted by atomic mass is 10.1. The van der Waals surface area contributed by atoms with E-state index in [2.05, 4.69) is 14.9 Å². The van der Waals surface area contributed by atoms with Crippen molar-refractivity contribution < 1.29 is 4.79 Å². The summed E-state index contributed by atoms with van der Waals surface area (Å²) in [5, 5.41) is 1.88. The van der Waals surface area contributed by atoms with E-state index in [0.717, 1.165) is 24.9 Å². The van der Waals surface area contributed by atoms with Gasteiger partial charge in [-0.3, -0.25) is 14.5 Å². The Morgan fingerprint density at radius 2 is 2.45 bits per heavy atom. The van der Waals surface area contributed by atoms with Gasteiger partial charge < -0.3 is 4.98 Å². The molecule has 20 heavy (non-hydrogen) atoms. The molecule has 0 bridgehead atoms. The summed E-state index contributed by atoms with van der Waals surface area (Å²) in [5.74, 6) is 0.910. The van der Waals surface area contributed by atoms with Crippen LogP contribution in [0.2, 0.25) is 0 Å². The molecule has 1 aliphatic heterocycles.